The number of H-pyrrole nitrogens is 1. The van der Waals surface area contributed by atoms with Crippen molar-refractivity contribution in [2.45, 2.75) is 25.9 Å². The summed E-state index contributed by atoms with van der Waals surface area (Å²) < 4.78 is 12.3. The summed E-state index contributed by atoms with van der Waals surface area (Å²) in [4.78, 5) is 19.0. The molecular weight excluding hydrogens is 486 g/mol. The summed E-state index contributed by atoms with van der Waals surface area (Å²) in [7, 11) is 1.79. The zero-order chi connectivity index (χ0) is 25.4. The largest absolute Gasteiger partial charge is 0.383 e. The molecule has 196 valence electrons. The van der Waals surface area contributed by atoms with E-state index in [1.807, 2.05) is 29.7 Å². The molecule has 2 saturated heterocycles. The van der Waals surface area contributed by atoms with Gasteiger partial charge in [0.2, 0.25) is 0 Å². The van der Waals surface area contributed by atoms with Gasteiger partial charge in [-0.15, -0.1) is 11.3 Å². The Kier molecular flexibility index (Phi) is 6.85. The van der Waals surface area contributed by atoms with Crippen LogP contribution in [0.2, 0.25) is 0 Å². The van der Waals surface area contributed by atoms with Crippen molar-refractivity contribution < 1.29 is 9.47 Å². The molecule has 2 aliphatic heterocycles. The molecule has 5 heterocycles. The number of nitrogens with zero attached hydrogens (tertiary/aromatic N) is 6. The van der Waals surface area contributed by atoms with Crippen LogP contribution < -0.4 is 4.90 Å². The zero-order valence-corrected chi connectivity index (χ0v) is 22.7. The van der Waals surface area contributed by atoms with Gasteiger partial charge >= 0.3 is 0 Å². The number of methoxy groups -OCH3 is 1. The Labute approximate surface area is 221 Å². The molecule has 1 aromatic carbocycles. The molecular formula is C27H35N7O2S. The van der Waals surface area contributed by atoms with Gasteiger partial charge in [-0.25, -0.2) is 9.97 Å². The maximum absolute atomic E-state index is 5.64. The van der Waals surface area contributed by atoms with Crippen LogP contribution in [0.3, 0.4) is 0 Å². The molecule has 4 aromatic rings. The second-order valence-corrected chi connectivity index (χ2v) is 11.7. The molecule has 2 fully saturated rings. The van der Waals surface area contributed by atoms with Crippen molar-refractivity contribution in [2.75, 3.05) is 71.1 Å². The van der Waals surface area contributed by atoms with E-state index >= 15 is 0 Å². The lowest BCUT2D eigenvalue weighted by molar-refractivity contribution is 0.000935. The van der Waals surface area contributed by atoms with E-state index in [0.717, 1.165) is 99.3 Å². The van der Waals surface area contributed by atoms with Crippen LogP contribution in [-0.4, -0.2) is 102 Å². The van der Waals surface area contributed by atoms with E-state index in [4.69, 9.17) is 19.4 Å². The number of morpholine rings is 1. The third-order valence-electron chi connectivity index (χ3n) is 7.55. The summed E-state index contributed by atoms with van der Waals surface area (Å²) in [5.41, 5.74) is 3.08. The molecule has 0 amide bonds. The van der Waals surface area contributed by atoms with E-state index in [1.165, 1.54) is 9.58 Å². The molecule has 0 spiro atoms. The Morgan fingerprint density at radius 2 is 1.89 bits per heavy atom. The molecule has 0 atom stereocenters. The molecule has 3 aromatic heterocycles. The van der Waals surface area contributed by atoms with Crippen LogP contribution in [0.4, 0.5) is 5.82 Å². The smallest absolute Gasteiger partial charge is 0.162 e. The number of ether oxygens (including phenoxy) is 2. The molecule has 10 heteroatoms. The lowest BCUT2D eigenvalue weighted by atomic mass is 10.0. The van der Waals surface area contributed by atoms with E-state index in [9.17, 15) is 0 Å². The van der Waals surface area contributed by atoms with Crippen molar-refractivity contribution in [3.05, 3.63) is 35.3 Å². The number of nitrogens with one attached hydrogen (secondary N) is 1. The maximum atomic E-state index is 5.64. The normalized spacial score (nSPS) is 18.3. The molecule has 0 aliphatic carbocycles. The van der Waals surface area contributed by atoms with E-state index in [2.05, 4.69) is 50.9 Å². The Morgan fingerprint density at radius 1 is 1.08 bits per heavy atom. The monoisotopic (exact) mass is 521 g/mol. The molecule has 9 nitrogen and oxygen atoms in total. The van der Waals surface area contributed by atoms with Crippen LogP contribution in [0, 0.1) is 0 Å². The quantitative estimate of drug-likeness (QED) is 0.395. The lowest BCUT2D eigenvalue weighted by Crippen LogP contribution is -2.56. The van der Waals surface area contributed by atoms with Crippen molar-refractivity contribution in [1.29, 1.82) is 0 Å². The van der Waals surface area contributed by atoms with Gasteiger partial charge in [0.1, 0.15) is 0 Å². The Balaban J connectivity index is 1.30. The number of anilines is 1. The molecule has 37 heavy (non-hydrogen) atoms. The third kappa shape index (κ3) is 4.96. The Hall–Kier alpha value is -2.63. The highest BCUT2D eigenvalue weighted by Gasteiger charge is 2.30. The number of hydrogen-bond acceptors (Lipinski definition) is 9. The average molecular weight is 522 g/mol. The summed E-state index contributed by atoms with van der Waals surface area (Å²) in [6.45, 7) is 13.6. The van der Waals surface area contributed by atoms with E-state index in [-0.39, 0.29) is 5.54 Å². The third-order valence-corrected chi connectivity index (χ3v) is 8.65. The van der Waals surface area contributed by atoms with E-state index in [1.54, 1.807) is 7.11 Å². The first-order valence-electron chi connectivity index (χ1n) is 13.0. The minimum atomic E-state index is 0.0648. The summed E-state index contributed by atoms with van der Waals surface area (Å²) in [5.74, 6) is 1.77. The van der Waals surface area contributed by atoms with Crippen molar-refractivity contribution >= 4 is 38.3 Å². The van der Waals surface area contributed by atoms with Gasteiger partial charge in [0.05, 0.1) is 41.8 Å². The van der Waals surface area contributed by atoms with E-state index in [0.29, 0.717) is 0 Å². The second-order valence-electron chi connectivity index (χ2n) is 10.5. The fourth-order valence-electron chi connectivity index (χ4n) is 5.49. The second kappa shape index (κ2) is 10.3. The van der Waals surface area contributed by atoms with Crippen molar-refractivity contribution in [1.82, 2.24) is 30.0 Å². The van der Waals surface area contributed by atoms with Gasteiger partial charge in [-0.1, -0.05) is 12.1 Å². The highest BCUT2D eigenvalue weighted by atomic mass is 32.1. The van der Waals surface area contributed by atoms with Gasteiger partial charge < -0.3 is 14.4 Å². The van der Waals surface area contributed by atoms with Gasteiger partial charge in [0.25, 0.3) is 0 Å². The number of benzene rings is 1. The number of rotatable bonds is 7. The summed E-state index contributed by atoms with van der Waals surface area (Å²) in [6, 6.07) is 8.42. The zero-order valence-electron chi connectivity index (χ0n) is 21.9. The van der Waals surface area contributed by atoms with Gasteiger partial charge in [0.15, 0.2) is 11.6 Å². The standard InChI is InChI=1S/C27H35N7O2S/c1-27(2,18-35-3)34-9-7-32(8-10-34)17-19-15-23-24(37-19)26(33-11-13-36-14-12-33)30-25(29-23)20-5-4-6-22-21(20)16-28-31-22/h4-6,15-16H,7-14,17-18H2,1-3H3,(H,28,31). The van der Waals surface area contributed by atoms with Gasteiger partial charge in [-0.2, -0.15) is 5.10 Å². The van der Waals surface area contributed by atoms with Crippen LogP contribution in [0.25, 0.3) is 32.5 Å². The maximum Gasteiger partial charge on any atom is 0.162 e. The van der Waals surface area contributed by atoms with Crippen LogP contribution in [-0.2, 0) is 16.0 Å². The number of aromatic amines is 1. The molecule has 6 rings (SSSR count). The number of aromatic nitrogens is 4. The average Bonchev–Trinajstić information content (AvgIpc) is 3.55. The predicted octanol–water partition coefficient (Wildman–Crippen LogP) is 3.61. The summed E-state index contributed by atoms with van der Waals surface area (Å²) in [5, 5.41) is 8.35. The number of hydrogen-bond donors (Lipinski definition) is 1. The minimum absolute atomic E-state index is 0.0648. The molecule has 0 saturated carbocycles. The van der Waals surface area contributed by atoms with Crippen LogP contribution in [0.1, 0.15) is 18.7 Å². The first-order valence-corrected chi connectivity index (χ1v) is 13.9. The topological polar surface area (TPSA) is 82.6 Å². The lowest BCUT2D eigenvalue weighted by Gasteiger charge is -2.43. The van der Waals surface area contributed by atoms with Gasteiger partial charge in [0, 0.05) is 74.3 Å². The van der Waals surface area contributed by atoms with Crippen LogP contribution in [0.15, 0.2) is 30.5 Å². The van der Waals surface area contributed by atoms with E-state index < -0.39 is 0 Å². The number of piperazine rings is 1. The molecule has 2 aliphatic rings. The number of fused-ring (bicyclic) bond motifs is 2. The first-order chi connectivity index (χ1) is 18.0. The molecule has 0 unspecified atom stereocenters. The van der Waals surface area contributed by atoms with Gasteiger partial charge in [-0.3, -0.25) is 14.9 Å². The fraction of sp³-hybridized carbons (Fsp3) is 0.519. The summed E-state index contributed by atoms with van der Waals surface area (Å²) in [6.07, 6.45) is 1.86. The first kappa shape index (κ1) is 24.7. The minimum Gasteiger partial charge on any atom is -0.383 e. The predicted molar refractivity (Wildman–Crippen MR) is 148 cm³/mol. The highest BCUT2D eigenvalue weighted by molar-refractivity contribution is 7.19. The van der Waals surface area contributed by atoms with Crippen molar-refractivity contribution in [3.8, 4) is 11.4 Å². The molecule has 0 radical (unpaired) electrons. The van der Waals surface area contributed by atoms with Crippen LogP contribution in [0.5, 0.6) is 0 Å². The SMILES string of the molecule is COCC(C)(C)N1CCN(Cc2cc3nc(-c4cccc5[nH]ncc45)nc(N4CCOCC4)c3s2)CC1. The van der Waals surface area contributed by atoms with Gasteiger partial charge in [-0.05, 0) is 26.0 Å². The Bertz CT molecular complexity index is 1370. The van der Waals surface area contributed by atoms with Crippen LogP contribution >= 0.6 is 11.3 Å². The highest BCUT2D eigenvalue weighted by Crippen LogP contribution is 2.36. The fourth-order valence-corrected chi connectivity index (χ4v) is 6.65. The number of thiophene rings is 1. The Morgan fingerprint density at radius 3 is 2.68 bits per heavy atom. The van der Waals surface area contributed by atoms with Crippen molar-refractivity contribution in [2.24, 2.45) is 0 Å². The van der Waals surface area contributed by atoms with Crippen molar-refractivity contribution in [3.63, 3.8) is 0 Å². The molecule has 0 bridgehead atoms. The summed E-state index contributed by atoms with van der Waals surface area (Å²) >= 11 is 1.83. The molecule has 1 N–H and O–H groups in total.